The van der Waals surface area contributed by atoms with Gasteiger partial charge in [0.2, 0.25) is 5.91 Å². The van der Waals surface area contributed by atoms with Crippen molar-refractivity contribution in [1.29, 1.82) is 0 Å². The molecule has 1 N–H and O–H groups in total. The van der Waals surface area contributed by atoms with Crippen LogP contribution in [-0.2, 0) is 11.2 Å². The number of hydrogen-bond acceptors (Lipinski definition) is 5. The molecule has 2 aliphatic rings. The molecule has 3 atom stereocenters. The Kier molecular flexibility index (Phi) is 5.43. The lowest BCUT2D eigenvalue weighted by atomic mass is 9.66. The summed E-state index contributed by atoms with van der Waals surface area (Å²) in [6, 6.07) is 4.94. The zero-order valence-electron chi connectivity index (χ0n) is 16.9. The first kappa shape index (κ1) is 22.2. The Labute approximate surface area is 171 Å². The van der Waals surface area contributed by atoms with E-state index >= 15 is 0 Å². The summed E-state index contributed by atoms with van der Waals surface area (Å²) in [6.45, 7) is 5.83. The lowest BCUT2D eigenvalue weighted by Crippen LogP contribution is -2.62. The topological polar surface area (TPSA) is 96.0 Å². The molecule has 0 radical (unpaired) electrons. The number of nitro groups is 1. The number of nitro benzene ring substituents is 1. The standard InChI is InChI=1S/C20H24F3N3O4/c1-18(2,3)13-6-9-16-15(11-13)19(28,20(21,22)23)25(24-16)17(27)10-12-4-7-14(8-5-12)26(29)30/h4-5,7-8,13,15,28H,6,9-11H2,1-3H3/t13-,15-,19+/m1/s1. The maximum Gasteiger partial charge on any atom is 0.439 e. The number of nitrogens with zero attached hydrogens (tertiary/aromatic N) is 3. The highest BCUT2D eigenvalue weighted by Gasteiger charge is 2.69. The highest BCUT2D eigenvalue weighted by molar-refractivity contribution is 5.93. The Morgan fingerprint density at radius 3 is 2.40 bits per heavy atom. The van der Waals surface area contributed by atoms with Crippen molar-refractivity contribution >= 4 is 17.3 Å². The molecule has 30 heavy (non-hydrogen) atoms. The SMILES string of the molecule is CC(C)(C)[C@@H]1CCC2=NN(C(=O)Cc3ccc([N+](=O)[O-])cc3)[C@@](O)(C(F)(F)F)[C@@H]2C1. The van der Waals surface area contributed by atoms with E-state index in [9.17, 15) is 33.2 Å². The number of hydrazone groups is 1. The molecule has 3 rings (SSSR count). The third-order valence-electron chi connectivity index (χ3n) is 6.09. The molecule has 0 unspecified atom stereocenters. The number of hydrogen-bond donors (Lipinski definition) is 1. The van der Waals surface area contributed by atoms with Crippen LogP contribution < -0.4 is 0 Å². The van der Waals surface area contributed by atoms with E-state index in [1.807, 2.05) is 20.8 Å². The van der Waals surface area contributed by atoms with Crippen LogP contribution in [0.1, 0.15) is 45.6 Å². The molecule has 1 heterocycles. The molecule has 1 aliphatic heterocycles. The van der Waals surface area contributed by atoms with E-state index in [-0.39, 0.29) is 46.1 Å². The molecule has 0 spiro atoms. The van der Waals surface area contributed by atoms with Crippen LogP contribution in [0.3, 0.4) is 0 Å². The van der Waals surface area contributed by atoms with Crippen molar-refractivity contribution in [3.63, 3.8) is 0 Å². The quantitative estimate of drug-likeness (QED) is 0.581. The number of carbonyl (C=O) groups excluding carboxylic acids is 1. The summed E-state index contributed by atoms with van der Waals surface area (Å²) in [5, 5.41) is 25.6. The highest BCUT2D eigenvalue weighted by Crippen LogP contribution is 2.51. The van der Waals surface area contributed by atoms with Gasteiger partial charge in [-0.1, -0.05) is 32.9 Å². The Bertz CT molecular complexity index is 877. The van der Waals surface area contributed by atoms with E-state index < -0.39 is 35.1 Å². The maximum absolute atomic E-state index is 14.0. The number of fused-ring (bicyclic) bond motifs is 1. The molecule has 0 bridgehead atoms. The second kappa shape index (κ2) is 7.33. The van der Waals surface area contributed by atoms with Gasteiger partial charge in [0.25, 0.3) is 11.4 Å². The molecule has 1 fully saturated rings. The lowest BCUT2D eigenvalue weighted by Gasteiger charge is -2.42. The average Bonchev–Trinajstić information content (AvgIpc) is 2.95. The second-order valence-electron chi connectivity index (χ2n) is 9.01. The number of amides is 1. The van der Waals surface area contributed by atoms with Crippen molar-refractivity contribution in [3.8, 4) is 0 Å². The number of alkyl halides is 3. The third-order valence-corrected chi connectivity index (χ3v) is 6.09. The Morgan fingerprint density at radius 1 is 1.30 bits per heavy atom. The highest BCUT2D eigenvalue weighted by atomic mass is 19.4. The van der Waals surface area contributed by atoms with Crippen LogP contribution in [0.15, 0.2) is 29.4 Å². The Balaban J connectivity index is 1.89. The first-order valence-electron chi connectivity index (χ1n) is 9.68. The Hall–Kier alpha value is -2.49. The van der Waals surface area contributed by atoms with Gasteiger partial charge in [-0.05, 0) is 36.2 Å². The van der Waals surface area contributed by atoms with Gasteiger partial charge in [-0.25, -0.2) is 0 Å². The molecule has 1 saturated carbocycles. The number of halogens is 3. The fraction of sp³-hybridized carbons (Fsp3) is 0.600. The third kappa shape index (κ3) is 3.80. The van der Waals surface area contributed by atoms with Crippen LogP contribution in [0, 0.1) is 27.4 Å². The molecule has 10 heteroatoms. The van der Waals surface area contributed by atoms with Gasteiger partial charge < -0.3 is 5.11 Å². The van der Waals surface area contributed by atoms with Gasteiger partial charge in [0, 0.05) is 17.8 Å². The van der Waals surface area contributed by atoms with Crippen molar-refractivity contribution in [2.45, 2.75) is 58.4 Å². The molecule has 1 aliphatic carbocycles. The van der Waals surface area contributed by atoms with Gasteiger partial charge in [-0.15, -0.1) is 0 Å². The molecule has 1 aromatic rings. The summed E-state index contributed by atoms with van der Waals surface area (Å²) in [5.41, 5.74) is -3.36. The van der Waals surface area contributed by atoms with Gasteiger partial charge in [-0.2, -0.15) is 23.3 Å². The van der Waals surface area contributed by atoms with Crippen molar-refractivity contribution in [3.05, 3.63) is 39.9 Å². The average molecular weight is 427 g/mol. The van der Waals surface area contributed by atoms with Gasteiger partial charge in [0.1, 0.15) is 0 Å². The minimum Gasteiger partial charge on any atom is -0.362 e. The molecule has 164 valence electrons. The summed E-state index contributed by atoms with van der Waals surface area (Å²) in [7, 11) is 0. The van der Waals surface area contributed by atoms with E-state index in [1.165, 1.54) is 24.3 Å². The molecule has 0 saturated heterocycles. The fourth-order valence-corrected chi connectivity index (χ4v) is 4.24. The summed E-state index contributed by atoms with van der Waals surface area (Å²) in [6.07, 6.45) is -4.56. The molecular formula is C20H24F3N3O4. The van der Waals surface area contributed by atoms with Crippen LogP contribution in [0.4, 0.5) is 18.9 Å². The van der Waals surface area contributed by atoms with E-state index in [0.717, 1.165) is 0 Å². The van der Waals surface area contributed by atoms with Gasteiger partial charge in [0.15, 0.2) is 0 Å². The maximum atomic E-state index is 14.0. The number of aliphatic hydroxyl groups is 1. The van der Waals surface area contributed by atoms with E-state index in [0.29, 0.717) is 6.42 Å². The van der Waals surface area contributed by atoms with E-state index in [2.05, 4.69) is 5.10 Å². The summed E-state index contributed by atoms with van der Waals surface area (Å²) in [5.74, 6) is -2.38. The van der Waals surface area contributed by atoms with Crippen LogP contribution in [0.5, 0.6) is 0 Å². The van der Waals surface area contributed by atoms with Crippen molar-refractivity contribution in [2.75, 3.05) is 0 Å². The normalized spacial score (nSPS) is 26.9. The number of benzene rings is 1. The van der Waals surface area contributed by atoms with Crippen LogP contribution in [0.2, 0.25) is 0 Å². The smallest absolute Gasteiger partial charge is 0.362 e. The molecule has 0 aromatic heterocycles. The van der Waals surface area contributed by atoms with Crippen molar-refractivity contribution in [2.24, 2.45) is 22.4 Å². The van der Waals surface area contributed by atoms with Crippen molar-refractivity contribution < 1.29 is 28.0 Å². The summed E-state index contributed by atoms with van der Waals surface area (Å²) in [4.78, 5) is 22.9. The first-order valence-corrected chi connectivity index (χ1v) is 9.68. The molecule has 7 nitrogen and oxygen atoms in total. The fourth-order valence-electron chi connectivity index (χ4n) is 4.24. The predicted molar refractivity (Wildman–Crippen MR) is 102 cm³/mol. The van der Waals surface area contributed by atoms with Crippen LogP contribution in [0.25, 0.3) is 0 Å². The monoisotopic (exact) mass is 427 g/mol. The van der Waals surface area contributed by atoms with Crippen molar-refractivity contribution in [1.82, 2.24) is 5.01 Å². The molecular weight excluding hydrogens is 403 g/mol. The van der Waals surface area contributed by atoms with Crippen LogP contribution in [-0.4, -0.2) is 38.6 Å². The van der Waals surface area contributed by atoms with E-state index in [4.69, 9.17) is 0 Å². The minimum absolute atomic E-state index is 0.0555. The number of carbonyl (C=O) groups is 1. The number of rotatable bonds is 3. The van der Waals surface area contributed by atoms with Gasteiger partial charge in [-0.3, -0.25) is 14.9 Å². The summed E-state index contributed by atoms with van der Waals surface area (Å²) < 4.78 is 42.1. The zero-order chi connectivity index (χ0) is 22.5. The molecule has 1 amide bonds. The molecule has 1 aromatic carbocycles. The lowest BCUT2D eigenvalue weighted by molar-refractivity contribution is -0.384. The first-order chi connectivity index (χ1) is 13.7. The van der Waals surface area contributed by atoms with Gasteiger partial charge in [0.05, 0.1) is 17.3 Å². The largest absolute Gasteiger partial charge is 0.439 e. The second-order valence-corrected chi connectivity index (χ2v) is 9.01. The number of non-ortho nitro benzene ring substituents is 1. The predicted octanol–water partition coefficient (Wildman–Crippen LogP) is 4.05. The zero-order valence-corrected chi connectivity index (χ0v) is 16.9. The minimum atomic E-state index is -5.09. The van der Waals surface area contributed by atoms with E-state index in [1.54, 1.807) is 0 Å². The summed E-state index contributed by atoms with van der Waals surface area (Å²) >= 11 is 0. The Morgan fingerprint density at radius 2 is 1.90 bits per heavy atom. The van der Waals surface area contributed by atoms with Crippen LogP contribution >= 0.6 is 0 Å². The van der Waals surface area contributed by atoms with Gasteiger partial charge >= 0.3 is 6.18 Å².